The number of hydrogen-bond donors (Lipinski definition) is 2. The molecule has 6 nitrogen and oxygen atoms in total. The normalized spacial score (nSPS) is 10.7. The third kappa shape index (κ3) is 3.82. The summed E-state index contributed by atoms with van der Waals surface area (Å²) in [6.07, 6.45) is 3.56. The quantitative estimate of drug-likeness (QED) is 0.729. The molecule has 0 atom stereocenters. The molecule has 0 unspecified atom stereocenters. The fourth-order valence-corrected chi connectivity index (χ4v) is 2.88. The molecule has 23 heavy (non-hydrogen) atoms. The minimum absolute atomic E-state index is 0.120. The molecule has 0 aliphatic heterocycles. The Kier molecular flexibility index (Phi) is 4.80. The van der Waals surface area contributed by atoms with Crippen LogP contribution in [-0.2, 0) is 17.9 Å². The number of amides is 1. The van der Waals surface area contributed by atoms with Crippen molar-refractivity contribution < 1.29 is 9.53 Å². The Labute approximate surface area is 137 Å². The largest absolute Gasteiger partial charge is 0.378 e. The average Bonchev–Trinajstić information content (AvgIpc) is 3.25. The van der Waals surface area contributed by atoms with E-state index in [2.05, 4.69) is 20.5 Å². The number of ether oxygens (including phenoxy) is 1. The molecule has 1 aromatic carbocycles. The highest BCUT2D eigenvalue weighted by Gasteiger charge is 2.08. The second kappa shape index (κ2) is 7.17. The zero-order valence-electron chi connectivity index (χ0n) is 12.6. The zero-order valence-corrected chi connectivity index (χ0v) is 13.4. The molecule has 118 valence electrons. The summed E-state index contributed by atoms with van der Waals surface area (Å²) < 4.78 is 5.03. The van der Waals surface area contributed by atoms with Gasteiger partial charge in [-0.05, 0) is 17.7 Å². The minimum Gasteiger partial charge on any atom is -0.378 e. The second-order valence-electron chi connectivity index (χ2n) is 4.91. The summed E-state index contributed by atoms with van der Waals surface area (Å²) in [7, 11) is 1.63. The lowest BCUT2D eigenvalue weighted by Gasteiger charge is -2.04. The molecular formula is C16H16N4O2S. The molecule has 0 fully saturated rings. The van der Waals surface area contributed by atoms with Gasteiger partial charge in [-0.2, -0.15) is 5.10 Å². The average molecular weight is 328 g/mol. The third-order valence-electron chi connectivity index (χ3n) is 3.28. The predicted molar refractivity (Wildman–Crippen MR) is 88.0 cm³/mol. The van der Waals surface area contributed by atoms with E-state index in [0.29, 0.717) is 18.7 Å². The fraction of sp³-hybridized carbons (Fsp3) is 0.188. The molecule has 0 spiro atoms. The Morgan fingerprint density at radius 3 is 2.83 bits per heavy atom. The summed E-state index contributed by atoms with van der Waals surface area (Å²) in [4.78, 5) is 16.6. The summed E-state index contributed by atoms with van der Waals surface area (Å²) >= 11 is 1.53. The van der Waals surface area contributed by atoms with E-state index in [1.54, 1.807) is 25.4 Å². The Bertz CT molecular complexity index is 766. The van der Waals surface area contributed by atoms with Crippen LogP contribution in [0.25, 0.3) is 11.1 Å². The molecule has 3 rings (SSSR count). The van der Waals surface area contributed by atoms with Crippen molar-refractivity contribution in [3.05, 3.63) is 58.3 Å². The SMILES string of the molecule is COCc1nc(CNC(=O)c2ccc(-c3cn[nH]c3)cc2)cs1. The number of rotatable bonds is 6. The number of aromatic amines is 1. The summed E-state index contributed by atoms with van der Waals surface area (Å²) in [5.41, 5.74) is 3.46. The summed E-state index contributed by atoms with van der Waals surface area (Å²) in [6.45, 7) is 0.899. The van der Waals surface area contributed by atoms with Gasteiger partial charge in [0.2, 0.25) is 0 Å². The van der Waals surface area contributed by atoms with Crippen molar-refractivity contribution in [1.82, 2.24) is 20.5 Å². The Morgan fingerprint density at radius 1 is 1.30 bits per heavy atom. The monoisotopic (exact) mass is 328 g/mol. The van der Waals surface area contributed by atoms with Crippen LogP contribution in [0.2, 0.25) is 0 Å². The van der Waals surface area contributed by atoms with Gasteiger partial charge in [-0.25, -0.2) is 4.98 Å². The number of carbonyl (C=O) groups is 1. The lowest BCUT2D eigenvalue weighted by atomic mass is 10.1. The molecule has 2 aromatic heterocycles. The molecule has 0 radical (unpaired) electrons. The molecule has 0 aliphatic carbocycles. The number of benzene rings is 1. The lowest BCUT2D eigenvalue weighted by Crippen LogP contribution is -2.22. The van der Waals surface area contributed by atoms with Gasteiger partial charge < -0.3 is 10.1 Å². The number of nitrogens with one attached hydrogen (secondary N) is 2. The van der Waals surface area contributed by atoms with Crippen LogP contribution in [0.3, 0.4) is 0 Å². The van der Waals surface area contributed by atoms with Gasteiger partial charge >= 0.3 is 0 Å². The van der Waals surface area contributed by atoms with Gasteiger partial charge in [0.05, 0.1) is 25.0 Å². The number of thiazole rings is 1. The number of hydrogen-bond acceptors (Lipinski definition) is 5. The first-order chi connectivity index (χ1) is 11.3. The van der Waals surface area contributed by atoms with Crippen molar-refractivity contribution in [2.75, 3.05) is 7.11 Å². The molecule has 3 aromatic rings. The Balaban J connectivity index is 1.59. The van der Waals surface area contributed by atoms with Crippen molar-refractivity contribution >= 4 is 17.2 Å². The van der Waals surface area contributed by atoms with Gasteiger partial charge in [0, 0.05) is 29.8 Å². The Morgan fingerprint density at radius 2 is 2.13 bits per heavy atom. The van der Waals surface area contributed by atoms with Gasteiger partial charge in [0.1, 0.15) is 5.01 Å². The molecule has 7 heteroatoms. The lowest BCUT2D eigenvalue weighted by molar-refractivity contribution is 0.0950. The topological polar surface area (TPSA) is 79.9 Å². The van der Waals surface area contributed by atoms with E-state index in [1.807, 2.05) is 23.7 Å². The number of aromatic nitrogens is 3. The van der Waals surface area contributed by atoms with E-state index in [4.69, 9.17) is 4.74 Å². The predicted octanol–water partition coefficient (Wildman–Crippen LogP) is 2.61. The molecular weight excluding hydrogens is 312 g/mol. The number of carbonyl (C=O) groups excluding carboxylic acids is 1. The first-order valence-electron chi connectivity index (χ1n) is 7.06. The van der Waals surface area contributed by atoms with Crippen LogP contribution >= 0.6 is 11.3 Å². The van der Waals surface area contributed by atoms with Gasteiger partial charge in [-0.3, -0.25) is 9.89 Å². The van der Waals surface area contributed by atoms with E-state index < -0.39 is 0 Å². The van der Waals surface area contributed by atoms with Gasteiger partial charge in [0.25, 0.3) is 5.91 Å². The standard InChI is InChI=1S/C16H16N4O2S/c1-22-9-15-20-14(10-23-15)8-17-16(21)12-4-2-11(3-5-12)13-6-18-19-7-13/h2-7,10H,8-9H2,1H3,(H,17,21)(H,18,19). The summed E-state index contributed by atoms with van der Waals surface area (Å²) in [6, 6.07) is 7.41. The summed E-state index contributed by atoms with van der Waals surface area (Å²) in [5, 5.41) is 12.4. The highest BCUT2D eigenvalue weighted by molar-refractivity contribution is 7.09. The molecule has 0 saturated carbocycles. The van der Waals surface area contributed by atoms with Gasteiger partial charge in [-0.1, -0.05) is 12.1 Å². The van der Waals surface area contributed by atoms with E-state index >= 15 is 0 Å². The van der Waals surface area contributed by atoms with Crippen molar-refractivity contribution in [3.8, 4) is 11.1 Å². The minimum atomic E-state index is -0.120. The van der Waals surface area contributed by atoms with Crippen LogP contribution in [0.4, 0.5) is 0 Å². The van der Waals surface area contributed by atoms with Crippen molar-refractivity contribution in [2.45, 2.75) is 13.2 Å². The second-order valence-corrected chi connectivity index (χ2v) is 5.86. The number of H-pyrrole nitrogens is 1. The van der Waals surface area contributed by atoms with E-state index in [1.165, 1.54) is 11.3 Å². The molecule has 0 bridgehead atoms. The van der Waals surface area contributed by atoms with Gasteiger partial charge in [0.15, 0.2) is 0 Å². The van der Waals surface area contributed by atoms with Crippen LogP contribution in [0.1, 0.15) is 21.1 Å². The zero-order chi connectivity index (χ0) is 16.1. The van der Waals surface area contributed by atoms with Crippen LogP contribution in [0.5, 0.6) is 0 Å². The smallest absolute Gasteiger partial charge is 0.251 e. The summed E-state index contributed by atoms with van der Waals surface area (Å²) in [5.74, 6) is -0.120. The van der Waals surface area contributed by atoms with Crippen LogP contribution in [0.15, 0.2) is 42.0 Å². The van der Waals surface area contributed by atoms with Crippen molar-refractivity contribution in [3.63, 3.8) is 0 Å². The maximum atomic E-state index is 12.2. The molecule has 2 heterocycles. The highest BCUT2D eigenvalue weighted by Crippen LogP contribution is 2.18. The highest BCUT2D eigenvalue weighted by atomic mass is 32.1. The van der Waals surface area contributed by atoms with E-state index in [9.17, 15) is 4.79 Å². The molecule has 0 saturated heterocycles. The van der Waals surface area contributed by atoms with Crippen LogP contribution in [-0.4, -0.2) is 28.2 Å². The number of nitrogens with zero attached hydrogens (tertiary/aromatic N) is 2. The first-order valence-corrected chi connectivity index (χ1v) is 7.94. The van der Waals surface area contributed by atoms with Crippen molar-refractivity contribution in [1.29, 1.82) is 0 Å². The van der Waals surface area contributed by atoms with Crippen molar-refractivity contribution in [2.24, 2.45) is 0 Å². The molecule has 0 aliphatic rings. The first kappa shape index (κ1) is 15.4. The third-order valence-corrected chi connectivity index (χ3v) is 4.15. The van der Waals surface area contributed by atoms with E-state index in [-0.39, 0.29) is 5.91 Å². The molecule has 1 amide bonds. The van der Waals surface area contributed by atoms with Gasteiger partial charge in [-0.15, -0.1) is 11.3 Å². The van der Waals surface area contributed by atoms with Crippen LogP contribution < -0.4 is 5.32 Å². The molecule has 2 N–H and O–H groups in total. The van der Waals surface area contributed by atoms with Crippen LogP contribution in [0, 0.1) is 0 Å². The number of methoxy groups -OCH3 is 1. The Hall–Kier alpha value is -2.51. The fourth-order valence-electron chi connectivity index (χ4n) is 2.12. The van der Waals surface area contributed by atoms with E-state index in [0.717, 1.165) is 21.8 Å². The maximum absolute atomic E-state index is 12.2. The maximum Gasteiger partial charge on any atom is 0.251 e.